The number of aromatic nitrogens is 1. The lowest BCUT2D eigenvalue weighted by atomic mass is 9.80. The number of benzene rings is 2. The number of quaternary nitrogens is 1. The van der Waals surface area contributed by atoms with Crippen LogP contribution in [0.25, 0.3) is 10.9 Å². The van der Waals surface area contributed by atoms with E-state index in [0.29, 0.717) is 18.3 Å². The molecule has 2 aromatic carbocycles. The van der Waals surface area contributed by atoms with Crippen molar-refractivity contribution in [2.45, 2.75) is 32.1 Å². The summed E-state index contributed by atoms with van der Waals surface area (Å²) >= 11 is 3.47. The van der Waals surface area contributed by atoms with E-state index < -0.39 is 0 Å². The van der Waals surface area contributed by atoms with Crippen LogP contribution in [0.1, 0.15) is 36.9 Å². The summed E-state index contributed by atoms with van der Waals surface area (Å²) in [6, 6.07) is 18.2. The lowest BCUT2D eigenvalue weighted by molar-refractivity contribution is -0.750. The minimum atomic E-state index is 0.0389. The summed E-state index contributed by atoms with van der Waals surface area (Å²) in [6.07, 6.45) is 10.1. The van der Waals surface area contributed by atoms with Crippen LogP contribution in [-0.4, -0.2) is 34.1 Å². The van der Waals surface area contributed by atoms with Crippen molar-refractivity contribution in [1.29, 1.82) is 0 Å². The summed E-state index contributed by atoms with van der Waals surface area (Å²) in [5.74, 6) is 8.61. The van der Waals surface area contributed by atoms with Gasteiger partial charge in [0, 0.05) is 27.8 Å². The van der Waals surface area contributed by atoms with Crippen molar-refractivity contribution in [3.05, 3.63) is 94.1 Å². The summed E-state index contributed by atoms with van der Waals surface area (Å²) in [4.78, 5) is 25.5. The topological polar surface area (TPSA) is 95.6 Å². The van der Waals surface area contributed by atoms with Gasteiger partial charge in [-0.25, -0.2) is 0 Å². The van der Waals surface area contributed by atoms with E-state index in [0.717, 1.165) is 76.1 Å². The highest BCUT2D eigenvalue weighted by atomic mass is 79.9. The van der Waals surface area contributed by atoms with Gasteiger partial charge in [0.1, 0.15) is 17.6 Å². The van der Waals surface area contributed by atoms with E-state index in [1.807, 2.05) is 48.8 Å². The molecule has 1 atom stereocenters. The second-order valence-electron chi connectivity index (χ2n) is 10.2. The zero-order valence-electron chi connectivity index (χ0n) is 20.5. The van der Waals surface area contributed by atoms with Crippen LogP contribution in [0.5, 0.6) is 0 Å². The van der Waals surface area contributed by atoms with Crippen LogP contribution in [0.2, 0.25) is 0 Å². The van der Waals surface area contributed by atoms with E-state index in [4.69, 9.17) is 10.8 Å². The Kier molecular flexibility index (Phi) is 6.40. The van der Waals surface area contributed by atoms with Gasteiger partial charge >= 0.3 is 0 Å². The number of hydrogen-bond acceptors (Lipinski definition) is 4. The van der Waals surface area contributed by atoms with Crippen LogP contribution in [0.15, 0.2) is 92.8 Å². The molecule has 1 amide bonds. The van der Waals surface area contributed by atoms with Gasteiger partial charge in [-0.3, -0.25) is 9.79 Å². The Hall–Kier alpha value is -3.33. The molecule has 0 saturated heterocycles. The number of amides is 1. The van der Waals surface area contributed by atoms with Crippen LogP contribution >= 0.6 is 15.9 Å². The van der Waals surface area contributed by atoms with Gasteiger partial charge in [-0.05, 0) is 61.4 Å². The first-order valence-corrected chi connectivity index (χ1v) is 13.6. The number of nitrogens with two attached hydrogens (primary N) is 1. The summed E-state index contributed by atoms with van der Waals surface area (Å²) < 4.78 is 1.03. The largest absolute Gasteiger partial charge is 0.356 e. The van der Waals surface area contributed by atoms with Crippen molar-refractivity contribution >= 4 is 44.8 Å². The van der Waals surface area contributed by atoms with Crippen LogP contribution in [0, 0.1) is 11.8 Å². The Bertz CT molecular complexity index is 1440. The molecular formula is C29H30BrN6O+. The molecule has 0 bridgehead atoms. The molecule has 3 aromatic rings. The molecule has 1 unspecified atom stereocenters. The Morgan fingerprint density at radius 3 is 2.76 bits per heavy atom. The number of rotatable bonds is 6. The number of para-hydroxylation sites is 1. The predicted octanol–water partition coefficient (Wildman–Crippen LogP) is 5.31. The Labute approximate surface area is 224 Å². The van der Waals surface area contributed by atoms with Crippen molar-refractivity contribution in [1.82, 2.24) is 10.3 Å². The molecule has 1 fully saturated rings. The normalized spacial score (nSPS) is 24.9. The number of allylic oxidation sites excluding steroid dienone is 2. The number of hydrogen-bond donors (Lipinski definition) is 3. The first-order chi connectivity index (χ1) is 18.0. The van der Waals surface area contributed by atoms with Crippen molar-refractivity contribution in [3.8, 4) is 0 Å². The van der Waals surface area contributed by atoms with E-state index in [-0.39, 0.29) is 10.5 Å². The fourth-order valence-corrected chi connectivity index (χ4v) is 6.12. The number of fused-ring (bicyclic) bond motifs is 2. The monoisotopic (exact) mass is 557 g/mol. The smallest absolute Gasteiger partial charge is 0.281 e. The number of nitrogens with one attached hydrogen (secondary N) is 2. The highest BCUT2D eigenvalue weighted by Gasteiger charge is 2.46. The second-order valence-corrected chi connectivity index (χ2v) is 11.1. The number of nitrogens with zero attached hydrogens (tertiary/aromatic N) is 3. The van der Waals surface area contributed by atoms with Crippen LogP contribution in [0.4, 0.5) is 0 Å². The average molecular weight is 559 g/mol. The molecule has 4 N–H and O–H groups in total. The number of halogens is 1. The third-order valence-electron chi connectivity index (χ3n) is 7.67. The second kappa shape index (κ2) is 9.85. The highest BCUT2D eigenvalue weighted by molar-refractivity contribution is 9.10. The number of aliphatic imine (C=N–C) groups is 2. The van der Waals surface area contributed by atoms with E-state index in [1.165, 1.54) is 0 Å². The van der Waals surface area contributed by atoms with E-state index in [9.17, 15) is 4.79 Å². The van der Waals surface area contributed by atoms with Gasteiger partial charge in [0.15, 0.2) is 0 Å². The molecule has 1 aromatic heterocycles. The van der Waals surface area contributed by atoms with Crippen molar-refractivity contribution < 1.29 is 9.39 Å². The fourth-order valence-electron chi connectivity index (χ4n) is 5.67. The molecule has 3 heterocycles. The molecule has 0 spiro atoms. The number of carbonyl (C=O) groups excluding carboxylic acids is 1. The third kappa shape index (κ3) is 4.72. The number of carbonyl (C=O) groups is 1. The maximum Gasteiger partial charge on any atom is 0.281 e. The number of H-pyrrole nitrogens is 1. The zero-order valence-corrected chi connectivity index (χ0v) is 22.1. The van der Waals surface area contributed by atoms with E-state index >= 15 is 0 Å². The number of aromatic amines is 1. The first-order valence-electron chi connectivity index (χ1n) is 12.8. The van der Waals surface area contributed by atoms with Crippen LogP contribution in [0.3, 0.4) is 0 Å². The fraction of sp³-hybridized carbons (Fsp3) is 0.276. The maximum atomic E-state index is 12.5. The molecule has 1 saturated carbocycles. The SMILES string of the molecule is N[N+]12C=CN=CC1=C(C1CCC(CNC(=O)Cc3cccc(Br)c3)CC1)N=C2c1cc2ccccc2[nH]1. The van der Waals surface area contributed by atoms with Crippen molar-refractivity contribution in [3.63, 3.8) is 0 Å². The quantitative estimate of drug-likeness (QED) is 0.282. The van der Waals surface area contributed by atoms with Gasteiger partial charge in [0.25, 0.3) is 5.84 Å². The molecule has 1 aliphatic carbocycles. The van der Waals surface area contributed by atoms with Crippen LogP contribution in [-0.2, 0) is 11.2 Å². The highest BCUT2D eigenvalue weighted by Crippen LogP contribution is 2.41. The molecule has 37 heavy (non-hydrogen) atoms. The molecule has 2 aliphatic heterocycles. The Morgan fingerprint density at radius 1 is 1.11 bits per heavy atom. The van der Waals surface area contributed by atoms with Gasteiger partial charge in [-0.2, -0.15) is 10.8 Å². The zero-order chi connectivity index (χ0) is 25.4. The summed E-state index contributed by atoms with van der Waals surface area (Å²) in [6.45, 7) is 0.718. The Morgan fingerprint density at radius 2 is 1.95 bits per heavy atom. The van der Waals surface area contributed by atoms with Gasteiger partial charge in [-0.1, -0.05) is 46.3 Å². The lowest BCUT2D eigenvalue weighted by Gasteiger charge is -2.29. The van der Waals surface area contributed by atoms with Gasteiger partial charge in [-0.15, -0.1) is 4.59 Å². The Balaban J connectivity index is 1.13. The summed E-state index contributed by atoms with van der Waals surface area (Å²) in [5.41, 5.74) is 5.00. The molecule has 7 nitrogen and oxygen atoms in total. The molecule has 0 radical (unpaired) electrons. The molecule has 3 aliphatic rings. The molecule has 8 heteroatoms. The minimum Gasteiger partial charge on any atom is -0.356 e. The third-order valence-corrected chi connectivity index (χ3v) is 8.16. The predicted molar refractivity (Wildman–Crippen MR) is 150 cm³/mol. The standard InChI is InChI=1S/C29H29BrN6O/c30-23-6-3-4-20(14-23)15-27(37)33-17-19-8-10-21(11-9-19)28-26-18-32-12-13-36(26,31)29(35-28)25-16-22-5-1-2-7-24(22)34-25/h1-7,12-14,16,18-19,21H,8-11,15,17,31H2,(H-,32,33,34,35,37)/p+1. The summed E-state index contributed by atoms with van der Waals surface area (Å²) in [5, 5.41) is 4.28. The van der Waals surface area contributed by atoms with Gasteiger partial charge in [0.2, 0.25) is 11.6 Å². The first kappa shape index (κ1) is 24.0. The molecule has 6 rings (SSSR count). The summed E-state index contributed by atoms with van der Waals surface area (Å²) in [7, 11) is 0. The minimum absolute atomic E-state index is 0.0389. The maximum absolute atomic E-state index is 12.5. The van der Waals surface area contributed by atoms with Crippen LogP contribution < -0.4 is 11.2 Å². The van der Waals surface area contributed by atoms with Crippen molar-refractivity contribution in [2.24, 2.45) is 27.7 Å². The van der Waals surface area contributed by atoms with Crippen molar-refractivity contribution in [2.75, 3.05) is 6.54 Å². The lowest BCUT2D eigenvalue weighted by Crippen LogP contribution is -2.53. The van der Waals surface area contributed by atoms with Gasteiger partial charge < -0.3 is 10.3 Å². The molecule has 188 valence electrons. The number of amidine groups is 1. The average Bonchev–Trinajstić information content (AvgIpc) is 3.46. The van der Waals surface area contributed by atoms with E-state index in [2.05, 4.69) is 49.4 Å². The molecular weight excluding hydrogens is 528 g/mol. The van der Waals surface area contributed by atoms with Gasteiger partial charge in [0.05, 0.1) is 18.8 Å². The van der Waals surface area contributed by atoms with E-state index in [1.54, 1.807) is 6.20 Å².